The van der Waals surface area contributed by atoms with Gasteiger partial charge in [-0.25, -0.2) is 0 Å². The fourth-order valence-corrected chi connectivity index (χ4v) is 2.59. The van der Waals surface area contributed by atoms with Crippen LogP contribution in [0.25, 0.3) is 0 Å². The van der Waals surface area contributed by atoms with Gasteiger partial charge in [0.05, 0.1) is 5.75 Å². The normalized spacial score (nSPS) is 10.6. The number of benzene rings is 1. The molecule has 2 rings (SSSR count). The Hall–Kier alpha value is -2.12. The number of halogens is 1. The first-order valence-corrected chi connectivity index (χ1v) is 9.05. The van der Waals surface area contributed by atoms with Crippen molar-refractivity contribution in [1.82, 2.24) is 10.2 Å². The van der Waals surface area contributed by atoms with Gasteiger partial charge in [0, 0.05) is 16.6 Å². The van der Waals surface area contributed by atoms with E-state index in [9.17, 15) is 9.59 Å². The van der Waals surface area contributed by atoms with Gasteiger partial charge in [-0.3, -0.25) is 9.59 Å². The predicted octanol–water partition coefficient (Wildman–Crippen LogP) is 3.76. The Kier molecular flexibility index (Phi) is 6.78. The Morgan fingerprint density at radius 3 is 2.56 bits per heavy atom. The third-order valence-electron chi connectivity index (χ3n) is 3.31. The third-order valence-corrected chi connectivity index (χ3v) is 4.64. The molecule has 2 aromatic rings. The largest absolute Gasteiger partial charge is 0.325 e. The van der Waals surface area contributed by atoms with E-state index in [0.717, 1.165) is 5.56 Å². The molecule has 8 heteroatoms. The van der Waals surface area contributed by atoms with Crippen LogP contribution in [0, 0.1) is 12.8 Å². The van der Waals surface area contributed by atoms with Gasteiger partial charge in [-0.2, -0.15) is 0 Å². The van der Waals surface area contributed by atoms with Gasteiger partial charge in [-0.1, -0.05) is 43.3 Å². The number of aromatic nitrogens is 2. The predicted molar refractivity (Wildman–Crippen MR) is 101 cm³/mol. The molecule has 0 saturated heterocycles. The molecule has 0 bridgehead atoms. The van der Waals surface area contributed by atoms with Crippen molar-refractivity contribution >= 4 is 46.7 Å². The van der Waals surface area contributed by atoms with E-state index in [1.165, 1.54) is 11.8 Å². The van der Waals surface area contributed by atoms with Gasteiger partial charge >= 0.3 is 0 Å². The molecule has 0 radical (unpaired) electrons. The molecule has 0 spiro atoms. The zero-order valence-electron chi connectivity index (χ0n) is 14.2. The Bertz CT molecular complexity index is 766. The van der Waals surface area contributed by atoms with E-state index < -0.39 is 0 Å². The van der Waals surface area contributed by atoms with E-state index in [1.54, 1.807) is 44.2 Å². The summed E-state index contributed by atoms with van der Waals surface area (Å²) >= 11 is 7.30. The fourth-order valence-electron chi connectivity index (χ4n) is 1.80. The number of hydrogen-bond acceptors (Lipinski definition) is 5. The highest BCUT2D eigenvalue weighted by molar-refractivity contribution is 7.99. The lowest BCUT2D eigenvalue weighted by Gasteiger charge is -2.09. The lowest BCUT2D eigenvalue weighted by molar-refractivity contribution is -0.119. The van der Waals surface area contributed by atoms with E-state index in [0.29, 0.717) is 21.6 Å². The number of carbonyl (C=O) groups excluding carboxylic acids is 2. The summed E-state index contributed by atoms with van der Waals surface area (Å²) in [6.45, 7) is 5.45. The molecule has 2 amide bonds. The molecular weight excluding hydrogens is 360 g/mol. The van der Waals surface area contributed by atoms with Crippen molar-refractivity contribution in [2.45, 2.75) is 25.8 Å². The number of nitrogens with zero attached hydrogens (tertiary/aromatic N) is 2. The molecule has 0 atom stereocenters. The molecule has 0 fully saturated rings. The quantitative estimate of drug-likeness (QED) is 0.747. The summed E-state index contributed by atoms with van der Waals surface area (Å²) in [5, 5.41) is 14.6. The van der Waals surface area contributed by atoms with Crippen LogP contribution in [-0.4, -0.2) is 27.8 Å². The van der Waals surface area contributed by atoms with E-state index in [1.807, 2.05) is 6.92 Å². The fraction of sp³-hybridized carbons (Fsp3) is 0.294. The maximum Gasteiger partial charge on any atom is 0.234 e. The van der Waals surface area contributed by atoms with Crippen LogP contribution in [-0.2, 0) is 9.59 Å². The minimum atomic E-state index is -0.158. The number of thioether (sulfide) groups is 1. The van der Waals surface area contributed by atoms with Crippen molar-refractivity contribution in [1.29, 1.82) is 0 Å². The van der Waals surface area contributed by atoms with Crippen molar-refractivity contribution in [3.8, 4) is 0 Å². The molecule has 0 aliphatic carbocycles. The number of amides is 2. The maximum absolute atomic E-state index is 12.1. The smallest absolute Gasteiger partial charge is 0.234 e. The zero-order chi connectivity index (χ0) is 18.4. The Morgan fingerprint density at radius 2 is 1.92 bits per heavy atom. The first kappa shape index (κ1) is 19.2. The lowest BCUT2D eigenvalue weighted by atomic mass is 10.2. The molecule has 1 aromatic carbocycles. The van der Waals surface area contributed by atoms with Gasteiger partial charge in [0.1, 0.15) is 5.03 Å². The van der Waals surface area contributed by atoms with E-state index in [4.69, 9.17) is 11.6 Å². The average Bonchev–Trinajstić information content (AvgIpc) is 2.58. The van der Waals surface area contributed by atoms with Gasteiger partial charge in [0.2, 0.25) is 11.8 Å². The van der Waals surface area contributed by atoms with E-state index >= 15 is 0 Å². The summed E-state index contributed by atoms with van der Waals surface area (Å²) in [6, 6.07) is 8.74. The number of carbonyl (C=O) groups is 2. The van der Waals surface area contributed by atoms with Gasteiger partial charge < -0.3 is 10.6 Å². The van der Waals surface area contributed by atoms with Gasteiger partial charge in [-0.05, 0) is 36.8 Å². The van der Waals surface area contributed by atoms with Crippen LogP contribution in [0.3, 0.4) is 0 Å². The Morgan fingerprint density at radius 1 is 1.16 bits per heavy atom. The van der Waals surface area contributed by atoms with Gasteiger partial charge in [-0.15, -0.1) is 10.2 Å². The first-order chi connectivity index (χ1) is 11.9. The summed E-state index contributed by atoms with van der Waals surface area (Å²) in [5.74, 6) is 0.176. The topological polar surface area (TPSA) is 84.0 Å². The van der Waals surface area contributed by atoms with Crippen molar-refractivity contribution in [2.24, 2.45) is 5.92 Å². The molecule has 132 valence electrons. The Labute approximate surface area is 155 Å². The summed E-state index contributed by atoms with van der Waals surface area (Å²) in [6.07, 6.45) is 0. The summed E-state index contributed by atoms with van der Waals surface area (Å²) in [7, 11) is 0. The highest BCUT2D eigenvalue weighted by atomic mass is 35.5. The molecular formula is C17H19ClN4O2S. The van der Waals surface area contributed by atoms with Crippen LogP contribution >= 0.6 is 23.4 Å². The molecule has 1 heterocycles. The number of nitrogens with one attached hydrogen (secondary N) is 2. The third kappa shape index (κ3) is 5.72. The molecule has 1 aromatic heterocycles. The second-order valence-electron chi connectivity index (χ2n) is 5.65. The lowest BCUT2D eigenvalue weighted by Crippen LogP contribution is -2.18. The van der Waals surface area contributed by atoms with Crippen LogP contribution in [0.4, 0.5) is 11.5 Å². The second-order valence-corrected chi connectivity index (χ2v) is 7.05. The zero-order valence-corrected chi connectivity index (χ0v) is 15.7. The van der Waals surface area contributed by atoms with Gasteiger partial charge in [0.25, 0.3) is 0 Å². The summed E-state index contributed by atoms with van der Waals surface area (Å²) in [5.41, 5.74) is 1.52. The number of rotatable bonds is 6. The summed E-state index contributed by atoms with van der Waals surface area (Å²) in [4.78, 5) is 23.6. The van der Waals surface area contributed by atoms with Gasteiger partial charge in [0.15, 0.2) is 5.82 Å². The molecule has 25 heavy (non-hydrogen) atoms. The Balaban J connectivity index is 1.87. The molecule has 6 nitrogen and oxygen atoms in total. The van der Waals surface area contributed by atoms with Crippen LogP contribution in [0.2, 0.25) is 5.02 Å². The van der Waals surface area contributed by atoms with E-state index in [2.05, 4.69) is 20.8 Å². The molecule has 0 aliphatic rings. The molecule has 0 saturated carbocycles. The van der Waals surface area contributed by atoms with Crippen LogP contribution in [0.5, 0.6) is 0 Å². The average molecular weight is 379 g/mol. The number of anilines is 2. The van der Waals surface area contributed by atoms with E-state index in [-0.39, 0.29) is 23.5 Å². The van der Waals surface area contributed by atoms with Crippen molar-refractivity contribution in [3.05, 3.63) is 40.9 Å². The van der Waals surface area contributed by atoms with Crippen LogP contribution in [0.1, 0.15) is 19.4 Å². The molecule has 2 N–H and O–H groups in total. The van der Waals surface area contributed by atoms with Crippen LogP contribution in [0.15, 0.2) is 35.4 Å². The number of hydrogen-bond donors (Lipinski definition) is 2. The summed E-state index contributed by atoms with van der Waals surface area (Å²) < 4.78 is 0. The molecule has 0 unspecified atom stereocenters. The highest BCUT2D eigenvalue weighted by Gasteiger charge is 2.10. The minimum absolute atomic E-state index is 0.119. The van der Waals surface area contributed by atoms with Crippen molar-refractivity contribution in [2.75, 3.05) is 16.4 Å². The van der Waals surface area contributed by atoms with Crippen molar-refractivity contribution < 1.29 is 9.59 Å². The second kappa shape index (κ2) is 8.82. The first-order valence-electron chi connectivity index (χ1n) is 7.69. The van der Waals surface area contributed by atoms with Crippen LogP contribution < -0.4 is 10.6 Å². The monoisotopic (exact) mass is 378 g/mol. The molecule has 0 aliphatic heterocycles. The van der Waals surface area contributed by atoms with Crippen molar-refractivity contribution in [3.63, 3.8) is 0 Å². The standard InChI is InChI=1S/C17H19ClN4O2S/c1-10(2)17(24)20-14-7-8-16(22-21-14)25-9-15(23)19-13-6-4-5-12(18)11(13)3/h4-8,10H,9H2,1-3H3,(H,19,23)(H,20,21,24). The minimum Gasteiger partial charge on any atom is -0.325 e. The maximum atomic E-state index is 12.1. The highest BCUT2D eigenvalue weighted by Crippen LogP contribution is 2.23. The SMILES string of the molecule is Cc1c(Cl)cccc1NC(=O)CSc1ccc(NC(=O)C(C)C)nn1.